The Morgan fingerprint density at radius 2 is 1.74 bits per heavy atom. The fourth-order valence-electron chi connectivity index (χ4n) is 2.09. The van der Waals surface area contributed by atoms with Crippen LogP contribution in [0.2, 0.25) is 0 Å². The van der Waals surface area contributed by atoms with Crippen molar-refractivity contribution in [1.82, 2.24) is 10.6 Å². The van der Waals surface area contributed by atoms with Crippen LogP contribution in [0.25, 0.3) is 0 Å². The van der Waals surface area contributed by atoms with Crippen molar-refractivity contribution in [2.24, 2.45) is 11.7 Å². The summed E-state index contributed by atoms with van der Waals surface area (Å²) in [7, 11) is 0. The Morgan fingerprint density at radius 1 is 1.15 bits per heavy atom. The van der Waals surface area contributed by atoms with E-state index in [1.54, 1.807) is 0 Å². The number of nitro groups is 1. The molecule has 1 rings (SSSR count). The van der Waals surface area contributed by atoms with Crippen molar-refractivity contribution >= 4 is 23.5 Å². The van der Waals surface area contributed by atoms with Gasteiger partial charge in [-0.05, 0) is 31.4 Å². The van der Waals surface area contributed by atoms with Gasteiger partial charge in [0.2, 0.25) is 11.8 Å². The molecule has 10 nitrogen and oxygen atoms in total. The fourth-order valence-corrected chi connectivity index (χ4v) is 2.09. The van der Waals surface area contributed by atoms with Gasteiger partial charge in [-0.1, -0.05) is 13.8 Å². The van der Waals surface area contributed by atoms with Gasteiger partial charge < -0.3 is 21.1 Å². The van der Waals surface area contributed by atoms with E-state index in [1.807, 2.05) is 13.8 Å². The van der Waals surface area contributed by atoms with E-state index >= 15 is 0 Å². The van der Waals surface area contributed by atoms with Crippen LogP contribution in [0.1, 0.15) is 27.2 Å². The quantitative estimate of drug-likeness (QED) is 0.244. The summed E-state index contributed by atoms with van der Waals surface area (Å²) in [5.41, 5.74) is 5.36. The van der Waals surface area contributed by atoms with Gasteiger partial charge in [-0.3, -0.25) is 19.7 Å². The third-order valence-electron chi connectivity index (χ3n) is 3.44. The molecule has 2 atom stereocenters. The number of ether oxygens (including phenoxy) is 1. The number of carbonyl (C=O) groups is 3. The molecule has 0 saturated carbocycles. The van der Waals surface area contributed by atoms with Crippen molar-refractivity contribution in [3.63, 3.8) is 0 Å². The molecule has 0 bridgehead atoms. The summed E-state index contributed by atoms with van der Waals surface area (Å²) in [6, 6.07) is 3.37. The second kappa shape index (κ2) is 10.2. The Kier molecular flexibility index (Phi) is 8.34. The first-order chi connectivity index (χ1) is 12.6. The minimum atomic E-state index is -0.823. The van der Waals surface area contributed by atoms with Crippen LogP contribution in [0, 0.1) is 16.0 Å². The summed E-state index contributed by atoms with van der Waals surface area (Å²) >= 11 is 0. The number of nitrogens with two attached hydrogens (primary N) is 1. The van der Waals surface area contributed by atoms with E-state index in [0.29, 0.717) is 6.42 Å². The lowest BCUT2D eigenvalue weighted by Crippen LogP contribution is -2.52. The maximum Gasteiger partial charge on any atom is 0.330 e. The van der Waals surface area contributed by atoms with Crippen LogP contribution >= 0.6 is 0 Å². The molecule has 4 N–H and O–H groups in total. The smallest absolute Gasteiger partial charge is 0.330 e. The molecular weight excluding hydrogens is 356 g/mol. The van der Waals surface area contributed by atoms with Crippen LogP contribution in [0.15, 0.2) is 24.3 Å². The number of hydrogen-bond acceptors (Lipinski definition) is 7. The molecule has 0 radical (unpaired) electrons. The third-order valence-corrected chi connectivity index (χ3v) is 3.44. The summed E-state index contributed by atoms with van der Waals surface area (Å²) in [6.45, 7) is 4.86. The molecule has 1 aromatic rings. The number of amides is 2. The first kappa shape index (κ1) is 22.0. The molecule has 2 amide bonds. The van der Waals surface area contributed by atoms with E-state index in [0.717, 1.165) is 0 Å². The highest BCUT2D eigenvalue weighted by Crippen LogP contribution is 2.17. The molecule has 0 aliphatic carbocycles. The summed E-state index contributed by atoms with van der Waals surface area (Å²) in [4.78, 5) is 45.8. The predicted octanol–water partition coefficient (Wildman–Crippen LogP) is 0.495. The summed E-state index contributed by atoms with van der Waals surface area (Å²) in [5, 5.41) is 15.5. The number of rotatable bonds is 9. The summed E-state index contributed by atoms with van der Waals surface area (Å²) < 4.78 is 5.00. The van der Waals surface area contributed by atoms with Crippen LogP contribution < -0.4 is 21.1 Å². The summed E-state index contributed by atoms with van der Waals surface area (Å²) in [6.07, 6.45) is 0.377. The Morgan fingerprint density at radius 3 is 2.22 bits per heavy atom. The van der Waals surface area contributed by atoms with Gasteiger partial charge in [-0.2, -0.15) is 0 Å². The van der Waals surface area contributed by atoms with E-state index in [2.05, 4.69) is 10.6 Å². The maximum atomic E-state index is 12.3. The number of carbonyl (C=O) groups excluding carboxylic acids is 3. The fraction of sp³-hybridized carbons (Fsp3) is 0.471. The second-order valence-electron chi connectivity index (χ2n) is 6.42. The number of esters is 1. The Labute approximate surface area is 156 Å². The minimum Gasteiger partial charge on any atom is -0.425 e. The van der Waals surface area contributed by atoms with E-state index in [4.69, 9.17) is 10.5 Å². The molecule has 148 valence electrons. The number of nitrogens with zero attached hydrogens (tertiary/aromatic N) is 1. The van der Waals surface area contributed by atoms with Crippen molar-refractivity contribution in [3.05, 3.63) is 34.4 Å². The number of nitro benzene ring substituents is 1. The average Bonchev–Trinajstić information content (AvgIpc) is 2.58. The van der Waals surface area contributed by atoms with Gasteiger partial charge in [-0.25, -0.2) is 4.79 Å². The standard InChI is InChI=1S/C17H24N4O6/c1-10(2)8-14(20-16(23)11(3)18)17(24)19-9-15(22)27-13-6-4-12(5-7-13)21(25)26/h4-7,10-11,14H,8-9,18H2,1-3H3,(H,19,24)(H,20,23). The normalized spacial score (nSPS) is 12.8. The zero-order valence-corrected chi connectivity index (χ0v) is 15.4. The lowest BCUT2D eigenvalue weighted by molar-refractivity contribution is -0.384. The molecule has 0 fully saturated rings. The van der Waals surface area contributed by atoms with E-state index < -0.39 is 41.3 Å². The van der Waals surface area contributed by atoms with Gasteiger partial charge in [0.25, 0.3) is 5.69 Å². The number of non-ortho nitro benzene ring substituents is 1. The monoisotopic (exact) mass is 380 g/mol. The maximum absolute atomic E-state index is 12.3. The highest BCUT2D eigenvalue weighted by Gasteiger charge is 2.23. The lowest BCUT2D eigenvalue weighted by Gasteiger charge is -2.21. The second-order valence-corrected chi connectivity index (χ2v) is 6.42. The number of nitrogens with one attached hydrogen (secondary N) is 2. The summed E-state index contributed by atoms with van der Waals surface area (Å²) in [5.74, 6) is -1.51. The van der Waals surface area contributed by atoms with Crippen LogP contribution in [0.3, 0.4) is 0 Å². The van der Waals surface area contributed by atoms with E-state index in [9.17, 15) is 24.5 Å². The molecule has 2 unspecified atom stereocenters. The SMILES string of the molecule is CC(C)CC(NC(=O)C(C)N)C(=O)NCC(=O)Oc1ccc([N+](=O)[O-])cc1. The molecule has 0 spiro atoms. The van der Waals surface area contributed by atoms with Crippen LogP contribution in [-0.4, -0.2) is 41.3 Å². The zero-order valence-electron chi connectivity index (χ0n) is 15.4. The van der Waals surface area contributed by atoms with E-state index in [-0.39, 0.29) is 17.4 Å². The van der Waals surface area contributed by atoms with Crippen molar-refractivity contribution < 1.29 is 24.0 Å². The molecule has 1 aromatic carbocycles. The van der Waals surface area contributed by atoms with Gasteiger partial charge in [0, 0.05) is 12.1 Å². The Bertz CT molecular complexity index is 687. The molecule has 0 heterocycles. The third kappa shape index (κ3) is 7.82. The van der Waals surface area contributed by atoms with Crippen molar-refractivity contribution in [1.29, 1.82) is 0 Å². The van der Waals surface area contributed by atoms with Gasteiger partial charge in [0.15, 0.2) is 0 Å². The van der Waals surface area contributed by atoms with Crippen LogP contribution in [0.5, 0.6) is 5.75 Å². The molecule has 10 heteroatoms. The molecule has 27 heavy (non-hydrogen) atoms. The average molecular weight is 380 g/mol. The highest BCUT2D eigenvalue weighted by molar-refractivity contribution is 5.91. The van der Waals surface area contributed by atoms with Crippen molar-refractivity contribution in [2.45, 2.75) is 39.3 Å². The highest BCUT2D eigenvalue weighted by atomic mass is 16.6. The molecule has 0 saturated heterocycles. The predicted molar refractivity (Wildman–Crippen MR) is 96.8 cm³/mol. The van der Waals surface area contributed by atoms with Crippen molar-refractivity contribution in [2.75, 3.05) is 6.54 Å². The molecule has 0 aromatic heterocycles. The Balaban J connectivity index is 2.59. The van der Waals surface area contributed by atoms with Crippen LogP contribution in [0.4, 0.5) is 5.69 Å². The Hall–Kier alpha value is -3.01. The zero-order chi connectivity index (χ0) is 20.6. The largest absolute Gasteiger partial charge is 0.425 e. The molecule has 0 aliphatic rings. The topological polar surface area (TPSA) is 154 Å². The van der Waals surface area contributed by atoms with Gasteiger partial charge >= 0.3 is 5.97 Å². The number of hydrogen-bond donors (Lipinski definition) is 3. The first-order valence-corrected chi connectivity index (χ1v) is 8.39. The van der Waals surface area contributed by atoms with Crippen LogP contribution in [-0.2, 0) is 14.4 Å². The molecular formula is C17H24N4O6. The van der Waals surface area contributed by atoms with Gasteiger partial charge in [-0.15, -0.1) is 0 Å². The van der Waals surface area contributed by atoms with Gasteiger partial charge in [0.05, 0.1) is 11.0 Å². The minimum absolute atomic E-state index is 0.115. The van der Waals surface area contributed by atoms with Gasteiger partial charge in [0.1, 0.15) is 18.3 Å². The van der Waals surface area contributed by atoms with Crippen molar-refractivity contribution in [3.8, 4) is 5.75 Å². The number of benzene rings is 1. The molecule has 0 aliphatic heterocycles. The first-order valence-electron chi connectivity index (χ1n) is 8.39. The van der Waals surface area contributed by atoms with E-state index in [1.165, 1.54) is 31.2 Å². The lowest BCUT2D eigenvalue weighted by atomic mass is 10.0.